The zero-order chi connectivity index (χ0) is 22.8. The van der Waals surface area contributed by atoms with Crippen LogP contribution in [0.1, 0.15) is 37.5 Å². The summed E-state index contributed by atoms with van der Waals surface area (Å²) in [6, 6.07) is 22.0. The highest BCUT2D eigenvalue weighted by Crippen LogP contribution is 2.51. The molecular formula is C27H27O4P. The quantitative estimate of drug-likeness (QED) is 0.309. The molecule has 0 aliphatic carbocycles. The van der Waals surface area contributed by atoms with Gasteiger partial charge in [0, 0.05) is 16.7 Å². The minimum atomic E-state index is -4.14. The maximum absolute atomic E-state index is 14.1. The molecule has 3 aromatic rings. The van der Waals surface area contributed by atoms with Gasteiger partial charge in [-0.2, -0.15) is 4.57 Å². The smallest absolute Gasteiger partial charge is 0.385 e. The standard InChI is InChI=1S/C27H27O4P/c1-4-13-22-16-7-10-19-25(22)29-32(28,30-26-20-11-8-17-23(26)14-5-2)31-27-21-12-9-18-24(27)15-6-3/h4-21H,1-3H3/b13-4-,14-5-,15-6-. The van der Waals surface area contributed by atoms with Gasteiger partial charge in [0.15, 0.2) is 0 Å². The minimum Gasteiger partial charge on any atom is -0.385 e. The summed E-state index contributed by atoms with van der Waals surface area (Å²) in [6.07, 6.45) is 11.3. The van der Waals surface area contributed by atoms with Gasteiger partial charge in [-0.1, -0.05) is 91.1 Å². The molecule has 0 aliphatic rings. The van der Waals surface area contributed by atoms with Gasteiger partial charge in [0.1, 0.15) is 17.2 Å². The number of benzene rings is 3. The van der Waals surface area contributed by atoms with E-state index in [4.69, 9.17) is 13.6 Å². The van der Waals surface area contributed by atoms with Gasteiger partial charge in [0.05, 0.1) is 0 Å². The summed E-state index contributed by atoms with van der Waals surface area (Å²) in [5, 5.41) is 0. The summed E-state index contributed by atoms with van der Waals surface area (Å²) in [5.74, 6) is 1.21. The van der Waals surface area contributed by atoms with Crippen LogP contribution in [0.4, 0.5) is 0 Å². The van der Waals surface area contributed by atoms with Crippen LogP contribution in [0.3, 0.4) is 0 Å². The highest BCUT2D eigenvalue weighted by Gasteiger charge is 2.35. The second-order valence-electron chi connectivity index (χ2n) is 6.83. The summed E-state index contributed by atoms with van der Waals surface area (Å²) >= 11 is 0. The van der Waals surface area contributed by atoms with Crippen molar-refractivity contribution in [2.45, 2.75) is 20.8 Å². The monoisotopic (exact) mass is 446 g/mol. The Balaban J connectivity index is 2.06. The van der Waals surface area contributed by atoms with E-state index < -0.39 is 7.82 Å². The van der Waals surface area contributed by atoms with Crippen molar-refractivity contribution in [2.75, 3.05) is 0 Å². The fourth-order valence-corrected chi connectivity index (χ4v) is 4.39. The van der Waals surface area contributed by atoms with Crippen LogP contribution in [-0.2, 0) is 4.57 Å². The van der Waals surface area contributed by atoms with Gasteiger partial charge in [-0.15, -0.1) is 0 Å². The lowest BCUT2D eigenvalue weighted by Gasteiger charge is -2.22. The fourth-order valence-electron chi connectivity index (χ4n) is 3.06. The molecule has 3 rings (SSSR count). The number of hydrogen-bond donors (Lipinski definition) is 0. The fraction of sp³-hybridized carbons (Fsp3) is 0.111. The molecule has 0 aromatic heterocycles. The Morgan fingerprint density at radius 2 is 0.812 bits per heavy atom. The number of hydrogen-bond acceptors (Lipinski definition) is 4. The molecule has 5 heteroatoms. The van der Waals surface area contributed by atoms with Crippen LogP contribution in [-0.4, -0.2) is 0 Å². The summed E-state index contributed by atoms with van der Waals surface area (Å²) in [5.41, 5.74) is 2.31. The Bertz CT molecular complexity index is 1030. The first-order chi connectivity index (χ1) is 15.6. The van der Waals surface area contributed by atoms with Crippen molar-refractivity contribution in [2.24, 2.45) is 0 Å². The van der Waals surface area contributed by atoms with Crippen LogP contribution in [0, 0.1) is 0 Å². The SMILES string of the molecule is C/C=C\c1ccccc1OP(=O)(Oc1ccccc1/C=C\C)Oc1ccccc1/C=C\C. The summed E-state index contributed by atoms with van der Waals surface area (Å²) in [6.45, 7) is 5.72. The number of allylic oxidation sites excluding steroid dienone is 3. The Morgan fingerprint density at radius 1 is 0.531 bits per heavy atom. The number of phosphoric ester groups is 1. The molecule has 0 aliphatic heterocycles. The number of para-hydroxylation sites is 3. The van der Waals surface area contributed by atoms with E-state index in [2.05, 4.69) is 0 Å². The Kier molecular flexibility index (Phi) is 8.13. The first-order valence-corrected chi connectivity index (χ1v) is 11.9. The first kappa shape index (κ1) is 23.2. The molecule has 0 heterocycles. The molecule has 0 unspecified atom stereocenters. The largest absolute Gasteiger partial charge is 0.647 e. The van der Waals surface area contributed by atoms with Crippen LogP contribution in [0.25, 0.3) is 18.2 Å². The lowest BCUT2D eigenvalue weighted by atomic mass is 10.2. The Hall–Kier alpha value is -3.49. The average Bonchev–Trinajstić information content (AvgIpc) is 2.78. The minimum absolute atomic E-state index is 0.404. The van der Waals surface area contributed by atoms with Gasteiger partial charge >= 0.3 is 7.82 Å². The molecule has 0 atom stereocenters. The third-order valence-electron chi connectivity index (χ3n) is 4.43. The van der Waals surface area contributed by atoms with Crippen molar-refractivity contribution >= 4 is 26.1 Å². The molecule has 3 aromatic carbocycles. The number of phosphoric acid groups is 1. The number of rotatable bonds is 9. The molecule has 0 N–H and O–H groups in total. The Labute approximate surface area is 190 Å². The second-order valence-corrected chi connectivity index (χ2v) is 8.28. The molecule has 0 saturated carbocycles. The van der Waals surface area contributed by atoms with E-state index >= 15 is 0 Å². The van der Waals surface area contributed by atoms with Crippen LogP contribution in [0.15, 0.2) is 91.0 Å². The van der Waals surface area contributed by atoms with Crippen molar-refractivity contribution in [3.63, 3.8) is 0 Å². The molecule has 0 amide bonds. The molecule has 0 saturated heterocycles. The molecular weight excluding hydrogens is 419 g/mol. The van der Waals surface area contributed by atoms with Crippen LogP contribution < -0.4 is 13.6 Å². The van der Waals surface area contributed by atoms with E-state index in [1.54, 1.807) is 18.2 Å². The topological polar surface area (TPSA) is 44.8 Å². The normalized spacial score (nSPS) is 12.0. The van der Waals surface area contributed by atoms with E-state index in [0.717, 1.165) is 16.7 Å². The first-order valence-electron chi connectivity index (χ1n) is 10.4. The van der Waals surface area contributed by atoms with E-state index in [1.165, 1.54) is 0 Å². The molecule has 164 valence electrons. The lowest BCUT2D eigenvalue weighted by molar-refractivity contribution is 0.298. The summed E-state index contributed by atoms with van der Waals surface area (Å²) in [7, 11) is -4.14. The van der Waals surface area contributed by atoms with Gasteiger partial charge in [-0.05, 0) is 39.0 Å². The molecule has 4 nitrogen and oxygen atoms in total. The predicted octanol–water partition coefficient (Wildman–Crippen LogP) is 8.43. The van der Waals surface area contributed by atoms with Crippen LogP contribution >= 0.6 is 7.82 Å². The van der Waals surface area contributed by atoms with Gasteiger partial charge in [0.25, 0.3) is 0 Å². The maximum Gasteiger partial charge on any atom is 0.647 e. The maximum atomic E-state index is 14.1. The van der Waals surface area contributed by atoms with Crippen molar-refractivity contribution in [1.29, 1.82) is 0 Å². The zero-order valence-corrected chi connectivity index (χ0v) is 19.4. The molecule has 0 bridgehead atoms. The highest BCUT2D eigenvalue weighted by atomic mass is 31.2. The van der Waals surface area contributed by atoms with E-state index in [9.17, 15) is 4.57 Å². The third kappa shape index (κ3) is 6.03. The highest BCUT2D eigenvalue weighted by molar-refractivity contribution is 7.49. The molecule has 0 spiro atoms. The van der Waals surface area contributed by atoms with Crippen molar-refractivity contribution in [3.05, 3.63) is 108 Å². The third-order valence-corrected chi connectivity index (χ3v) is 5.69. The van der Waals surface area contributed by atoms with Crippen molar-refractivity contribution in [3.8, 4) is 17.2 Å². The predicted molar refractivity (Wildman–Crippen MR) is 133 cm³/mol. The van der Waals surface area contributed by atoms with Gasteiger partial charge in [-0.3, -0.25) is 0 Å². The van der Waals surface area contributed by atoms with E-state index in [-0.39, 0.29) is 0 Å². The van der Waals surface area contributed by atoms with Gasteiger partial charge in [0.2, 0.25) is 0 Å². The van der Waals surface area contributed by atoms with Gasteiger partial charge in [-0.25, -0.2) is 0 Å². The molecule has 32 heavy (non-hydrogen) atoms. The zero-order valence-electron chi connectivity index (χ0n) is 18.5. The summed E-state index contributed by atoms with van der Waals surface area (Å²) in [4.78, 5) is 0. The Morgan fingerprint density at radius 3 is 1.09 bits per heavy atom. The van der Waals surface area contributed by atoms with E-state index in [0.29, 0.717) is 17.2 Å². The second kappa shape index (κ2) is 11.2. The van der Waals surface area contributed by atoms with Crippen molar-refractivity contribution in [1.82, 2.24) is 0 Å². The van der Waals surface area contributed by atoms with Crippen LogP contribution in [0.5, 0.6) is 17.2 Å². The molecule has 0 radical (unpaired) electrons. The van der Waals surface area contributed by atoms with Crippen molar-refractivity contribution < 1.29 is 18.1 Å². The summed E-state index contributed by atoms with van der Waals surface area (Å²) < 4.78 is 32.0. The van der Waals surface area contributed by atoms with Crippen LogP contribution in [0.2, 0.25) is 0 Å². The van der Waals surface area contributed by atoms with Gasteiger partial charge < -0.3 is 13.6 Å². The molecule has 0 fully saturated rings. The average molecular weight is 446 g/mol. The van der Waals surface area contributed by atoms with E-state index in [1.807, 2.05) is 112 Å². The lowest BCUT2D eigenvalue weighted by Crippen LogP contribution is -2.09.